The van der Waals surface area contributed by atoms with Gasteiger partial charge < -0.3 is 9.47 Å². The fraction of sp³-hybridized carbons (Fsp3) is 0.400. The van der Waals surface area contributed by atoms with Gasteiger partial charge in [0.15, 0.2) is 0 Å². The minimum atomic E-state index is -0.0235. The first-order valence-corrected chi connectivity index (χ1v) is 9.41. The number of piperidine rings is 1. The lowest BCUT2D eigenvalue weighted by Crippen LogP contribution is -2.40. The predicted octanol–water partition coefficient (Wildman–Crippen LogP) is 2.30. The Balaban J connectivity index is 1.63. The van der Waals surface area contributed by atoms with Gasteiger partial charge >= 0.3 is 0 Å². The van der Waals surface area contributed by atoms with Gasteiger partial charge in [-0.05, 0) is 26.7 Å². The van der Waals surface area contributed by atoms with E-state index in [0.717, 1.165) is 42.3 Å². The minimum Gasteiger partial charge on any atom is -0.338 e. The average molecular weight is 377 g/mol. The van der Waals surface area contributed by atoms with Gasteiger partial charge in [0.2, 0.25) is 0 Å². The Kier molecular flexibility index (Phi) is 4.85. The second-order valence-electron chi connectivity index (χ2n) is 7.15. The third-order valence-electron chi connectivity index (χ3n) is 5.43. The monoisotopic (exact) mass is 377 g/mol. The summed E-state index contributed by atoms with van der Waals surface area (Å²) < 4.78 is 2.02. The molecule has 0 N–H and O–H groups in total. The number of aromatic nitrogens is 6. The Morgan fingerprint density at radius 2 is 1.93 bits per heavy atom. The molecular weight excluding hydrogens is 354 g/mol. The summed E-state index contributed by atoms with van der Waals surface area (Å²) in [5.41, 5.74) is 3.96. The zero-order valence-corrected chi connectivity index (χ0v) is 16.3. The summed E-state index contributed by atoms with van der Waals surface area (Å²) in [6, 6.07) is 0. The number of hydrogen-bond acceptors (Lipinski definition) is 6. The van der Waals surface area contributed by atoms with Crippen LogP contribution in [0, 0.1) is 13.8 Å². The maximum absolute atomic E-state index is 13.0. The molecule has 8 nitrogen and oxygen atoms in total. The number of rotatable bonds is 3. The van der Waals surface area contributed by atoms with Gasteiger partial charge in [-0.3, -0.25) is 14.8 Å². The van der Waals surface area contributed by atoms with Gasteiger partial charge in [-0.15, -0.1) is 0 Å². The van der Waals surface area contributed by atoms with Crippen LogP contribution in [0.4, 0.5) is 0 Å². The van der Waals surface area contributed by atoms with Gasteiger partial charge in [0.25, 0.3) is 5.91 Å². The molecule has 4 rings (SSSR count). The standard InChI is InChI=1S/C20H23N7O/c1-13-16(9-21-12-25-13)20(28)27-8-4-5-15(11-27)18-19(23-7-6-22-18)17-10-24-14(2)26(17)3/h6-7,9-10,12,15H,4-5,8,11H2,1-3H3. The molecule has 1 atom stereocenters. The lowest BCUT2D eigenvalue weighted by molar-refractivity contribution is 0.0704. The topological polar surface area (TPSA) is 89.7 Å². The SMILES string of the molecule is Cc1ncncc1C(=O)N1CCCC(c2nccnc2-c2cnc(C)n2C)C1. The molecule has 1 aliphatic heterocycles. The van der Waals surface area contributed by atoms with Crippen molar-refractivity contribution in [3.05, 3.63) is 53.9 Å². The number of nitrogens with zero attached hydrogens (tertiary/aromatic N) is 7. The van der Waals surface area contributed by atoms with Crippen LogP contribution in [0.15, 0.2) is 31.1 Å². The second kappa shape index (κ2) is 7.46. The molecular formula is C20H23N7O. The molecule has 28 heavy (non-hydrogen) atoms. The van der Waals surface area contributed by atoms with E-state index in [0.29, 0.717) is 17.8 Å². The van der Waals surface area contributed by atoms with Gasteiger partial charge in [0.05, 0.1) is 28.8 Å². The Morgan fingerprint density at radius 1 is 1.11 bits per heavy atom. The van der Waals surface area contributed by atoms with Crippen molar-refractivity contribution in [1.82, 2.24) is 34.4 Å². The zero-order chi connectivity index (χ0) is 19.7. The smallest absolute Gasteiger partial charge is 0.257 e. The maximum atomic E-state index is 13.0. The molecule has 1 aliphatic rings. The molecule has 1 saturated heterocycles. The molecule has 0 aliphatic carbocycles. The molecule has 0 saturated carbocycles. The summed E-state index contributed by atoms with van der Waals surface area (Å²) in [5.74, 6) is 1.03. The summed E-state index contributed by atoms with van der Waals surface area (Å²) in [5, 5.41) is 0. The predicted molar refractivity (Wildman–Crippen MR) is 104 cm³/mol. The number of carbonyl (C=O) groups excluding carboxylic acids is 1. The molecule has 1 unspecified atom stereocenters. The highest BCUT2D eigenvalue weighted by atomic mass is 16.2. The summed E-state index contributed by atoms with van der Waals surface area (Å²) in [7, 11) is 1.98. The number of imidazole rings is 1. The molecule has 144 valence electrons. The molecule has 3 aromatic heterocycles. The van der Waals surface area contributed by atoms with Gasteiger partial charge in [-0.1, -0.05) is 0 Å². The van der Waals surface area contributed by atoms with E-state index in [4.69, 9.17) is 0 Å². The minimum absolute atomic E-state index is 0.0235. The first-order chi connectivity index (χ1) is 13.6. The lowest BCUT2D eigenvalue weighted by Gasteiger charge is -2.33. The number of carbonyl (C=O) groups is 1. The van der Waals surface area contributed by atoms with Crippen LogP contribution in [0.2, 0.25) is 0 Å². The maximum Gasteiger partial charge on any atom is 0.257 e. The fourth-order valence-electron chi connectivity index (χ4n) is 3.72. The van der Waals surface area contributed by atoms with Gasteiger partial charge in [0.1, 0.15) is 17.8 Å². The van der Waals surface area contributed by atoms with Gasteiger partial charge in [-0.2, -0.15) is 0 Å². The highest BCUT2D eigenvalue weighted by Gasteiger charge is 2.29. The van der Waals surface area contributed by atoms with E-state index in [9.17, 15) is 4.79 Å². The van der Waals surface area contributed by atoms with E-state index >= 15 is 0 Å². The number of hydrogen-bond donors (Lipinski definition) is 0. The van der Waals surface area contributed by atoms with E-state index in [-0.39, 0.29) is 11.8 Å². The molecule has 0 aromatic carbocycles. The summed E-state index contributed by atoms with van der Waals surface area (Å²) >= 11 is 0. The van der Waals surface area contributed by atoms with Crippen molar-refractivity contribution in [3.8, 4) is 11.4 Å². The molecule has 0 radical (unpaired) electrons. The summed E-state index contributed by atoms with van der Waals surface area (Å²) in [4.78, 5) is 36.7. The van der Waals surface area contributed by atoms with Crippen LogP contribution >= 0.6 is 0 Å². The van der Waals surface area contributed by atoms with Crippen molar-refractivity contribution in [3.63, 3.8) is 0 Å². The van der Waals surface area contributed by atoms with Crippen LogP contribution in [0.1, 0.15) is 46.3 Å². The van der Waals surface area contributed by atoms with Crippen molar-refractivity contribution in [1.29, 1.82) is 0 Å². The molecule has 4 heterocycles. The zero-order valence-electron chi connectivity index (χ0n) is 16.3. The molecule has 1 amide bonds. The molecule has 0 spiro atoms. The average Bonchev–Trinajstić information content (AvgIpc) is 3.06. The summed E-state index contributed by atoms with van der Waals surface area (Å²) in [6.45, 7) is 5.13. The van der Waals surface area contributed by atoms with Crippen molar-refractivity contribution in [2.75, 3.05) is 13.1 Å². The Bertz CT molecular complexity index is 1010. The van der Waals surface area contributed by atoms with Gasteiger partial charge in [0, 0.05) is 44.6 Å². The molecule has 0 bridgehead atoms. The van der Waals surface area contributed by atoms with Crippen molar-refractivity contribution in [2.45, 2.75) is 32.6 Å². The van der Waals surface area contributed by atoms with Crippen LogP contribution in [-0.2, 0) is 7.05 Å². The Hall–Kier alpha value is -3.16. The number of aryl methyl sites for hydroxylation is 2. The normalized spacial score (nSPS) is 17.0. The highest BCUT2D eigenvalue weighted by molar-refractivity contribution is 5.95. The molecule has 3 aromatic rings. The van der Waals surface area contributed by atoms with Crippen LogP contribution in [0.3, 0.4) is 0 Å². The van der Waals surface area contributed by atoms with Crippen molar-refractivity contribution >= 4 is 5.91 Å². The fourth-order valence-corrected chi connectivity index (χ4v) is 3.72. The van der Waals surface area contributed by atoms with E-state index in [1.165, 1.54) is 6.33 Å². The third-order valence-corrected chi connectivity index (χ3v) is 5.43. The third kappa shape index (κ3) is 3.26. The van der Waals surface area contributed by atoms with Crippen LogP contribution in [0.25, 0.3) is 11.4 Å². The Labute approximate surface area is 163 Å². The van der Waals surface area contributed by atoms with E-state index in [1.807, 2.05) is 36.6 Å². The van der Waals surface area contributed by atoms with Crippen LogP contribution in [0.5, 0.6) is 0 Å². The first kappa shape index (κ1) is 18.2. The summed E-state index contributed by atoms with van der Waals surface area (Å²) in [6.07, 6.45) is 10.2. The number of likely N-dealkylation sites (tertiary alicyclic amines) is 1. The van der Waals surface area contributed by atoms with E-state index in [2.05, 4.69) is 24.9 Å². The van der Waals surface area contributed by atoms with E-state index < -0.39 is 0 Å². The lowest BCUT2D eigenvalue weighted by atomic mass is 9.92. The first-order valence-electron chi connectivity index (χ1n) is 9.41. The quantitative estimate of drug-likeness (QED) is 0.696. The van der Waals surface area contributed by atoms with E-state index in [1.54, 1.807) is 18.6 Å². The highest BCUT2D eigenvalue weighted by Crippen LogP contribution is 2.32. The largest absolute Gasteiger partial charge is 0.338 e. The number of amides is 1. The van der Waals surface area contributed by atoms with Crippen LogP contribution < -0.4 is 0 Å². The van der Waals surface area contributed by atoms with Gasteiger partial charge in [-0.25, -0.2) is 15.0 Å². The Morgan fingerprint density at radius 3 is 2.68 bits per heavy atom. The van der Waals surface area contributed by atoms with Crippen LogP contribution in [-0.4, -0.2) is 53.4 Å². The van der Waals surface area contributed by atoms with Crippen molar-refractivity contribution < 1.29 is 4.79 Å². The second-order valence-corrected chi connectivity index (χ2v) is 7.15. The van der Waals surface area contributed by atoms with Crippen molar-refractivity contribution in [2.24, 2.45) is 7.05 Å². The molecule has 1 fully saturated rings. The molecule has 8 heteroatoms.